The summed E-state index contributed by atoms with van der Waals surface area (Å²) in [6.45, 7) is 0. The van der Waals surface area contributed by atoms with E-state index in [4.69, 9.17) is 4.55 Å². The molecule has 0 atom stereocenters. The molecule has 5 nitrogen and oxygen atoms in total. The summed E-state index contributed by atoms with van der Waals surface area (Å²) < 4.78 is 30.7. The van der Waals surface area contributed by atoms with E-state index in [9.17, 15) is 18.6 Å². The third-order valence-corrected chi connectivity index (χ3v) is 3.10. The predicted molar refractivity (Wildman–Crippen MR) is 58.2 cm³/mol. The molecule has 2 rings (SSSR count). The van der Waals surface area contributed by atoms with E-state index in [1.807, 2.05) is 0 Å². The van der Waals surface area contributed by atoms with Crippen molar-refractivity contribution in [2.24, 2.45) is 0 Å². The van der Waals surface area contributed by atoms with Crippen LogP contribution in [0.2, 0.25) is 0 Å². The fourth-order valence-electron chi connectivity index (χ4n) is 1.49. The third-order valence-electron chi connectivity index (χ3n) is 2.22. The van der Waals surface area contributed by atoms with Gasteiger partial charge in [-0.2, -0.15) is 8.42 Å². The van der Waals surface area contributed by atoms with E-state index < -0.39 is 20.8 Å². The molecule has 0 spiro atoms. The van der Waals surface area contributed by atoms with Gasteiger partial charge in [-0.1, -0.05) is 6.07 Å². The van der Waals surface area contributed by atoms with Gasteiger partial charge in [-0.15, -0.1) is 0 Å². The summed E-state index contributed by atoms with van der Waals surface area (Å²) in [5.74, 6) is -0.522. The maximum absolute atomic E-state index is 10.9. The van der Waals surface area contributed by atoms with E-state index in [1.54, 1.807) is 0 Å². The summed E-state index contributed by atoms with van der Waals surface area (Å²) in [6, 6.07) is 6.53. The molecule has 2 aromatic carbocycles. The average molecular weight is 264 g/mol. The SMILES string of the molecule is O=S(=O)(O)c1ccc2cc(O)ccc2c1O.[H-].[Na+]. The summed E-state index contributed by atoms with van der Waals surface area (Å²) >= 11 is 0. The Morgan fingerprint density at radius 2 is 1.71 bits per heavy atom. The number of rotatable bonds is 1. The number of hydrogen-bond donors (Lipinski definition) is 3. The molecular weight excluding hydrogens is 255 g/mol. The van der Waals surface area contributed by atoms with Crippen molar-refractivity contribution in [1.29, 1.82) is 0 Å². The van der Waals surface area contributed by atoms with Gasteiger partial charge in [-0.05, 0) is 29.7 Å². The van der Waals surface area contributed by atoms with Gasteiger partial charge in [0.05, 0.1) is 0 Å². The normalized spacial score (nSPS) is 11.1. The Morgan fingerprint density at radius 1 is 1.06 bits per heavy atom. The summed E-state index contributed by atoms with van der Waals surface area (Å²) in [5, 5.41) is 19.6. The molecule has 0 unspecified atom stereocenters. The molecule has 0 heterocycles. The van der Waals surface area contributed by atoms with Crippen molar-refractivity contribution in [1.82, 2.24) is 0 Å². The van der Waals surface area contributed by atoms with Gasteiger partial charge in [-0.3, -0.25) is 4.55 Å². The molecule has 0 aliphatic carbocycles. The van der Waals surface area contributed by atoms with Crippen molar-refractivity contribution < 1.29 is 54.2 Å². The number of phenolic OH excluding ortho intramolecular Hbond substituents is 2. The minimum Gasteiger partial charge on any atom is -1.00 e. The van der Waals surface area contributed by atoms with Gasteiger partial charge in [-0.25, -0.2) is 0 Å². The number of phenols is 2. The quantitative estimate of drug-likeness (QED) is 0.435. The summed E-state index contributed by atoms with van der Waals surface area (Å²) in [5.41, 5.74) is 0. The summed E-state index contributed by atoms with van der Waals surface area (Å²) in [4.78, 5) is -0.550. The van der Waals surface area contributed by atoms with Crippen LogP contribution >= 0.6 is 0 Å². The number of aromatic hydroxyl groups is 2. The Morgan fingerprint density at radius 3 is 2.29 bits per heavy atom. The molecule has 3 N–H and O–H groups in total. The van der Waals surface area contributed by atoms with Crippen LogP contribution in [-0.2, 0) is 10.1 Å². The first kappa shape index (κ1) is 14.3. The van der Waals surface area contributed by atoms with E-state index in [0.29, 0.717) is 5.39 Å². The number of hydrogen-bond acceptors (Lipinski definition) is 4. The van der Waals surface area contributed by atoms with Crippen molar-refractivity contribution in [2.75, 3.05) is 0 Å². The van der Waals surface area contributed by atoms with Gasteiger partial charge >= 0.3 is 29.6 Å². The third kappa shape index (κ3) is 2.72. The van der Waals surface area contributed by atoms with Crippen LogP contribution in [-0.4, -0.2) is 23.2 Å². The first-order valence-electron chi connectivity index (χ1n) is 4.32. The van der Waals surface area contributed by atoms with E-state index in [-0.39, 0.29) is 42.1 Å². The first-order chi connectivity index (χ1) is 7.39. The molecular formula is C10H9NaO5S. The van der Waals surface area contributed by atoms with Gasteiger partial charge in [0.2, 0.25) is 0 Å². The zero-order valence-electron chi connectivity index (χ0n) is 9.95. The standard InChI is InChI=1S/C10H8O5S.Na.H/c11-7-2-3-8-6(5-7)1-4-9(10(8)12)16(13,14)15;;/h1-5,11-12H,(H,13,14,15);;/q;+1;-1. The fourth-order valence-corrected chi connectivity index (χ4v) is 2.08. The van der Waals surface area contributed by atoms with Crippen molar-refractivity contribution in [3.05, 3.63) is 30.3 Å². The smallest absolute Gasteiger partial charge is 1.00 e. The van der Waals surface area contributed by atoms with Crippen LogP contribution in [0.25, 0.3) is 10.8 Å². The Kier molecular flexibility index (Phi) is 4.06. The van der Waals surface area contributed by atoms with E-state index in [0.717, 1.165) is 6.07 Å². The molecule has 7 heteroatoms. The molecule has 17 heavy (non-hydrogen) atoms. The van der Waals surface area contributed by atoms with Crippen LogP contribution in [0.15, 0.2) is 35.2 Å². The van der Waals surface area contributed by atoms with Gasteiger partial charge in [0, 0.05) is 5.39 Å². The molecule has 0 fully saturated rings. The van der Waals surface area contributed by atoms with Crippen molar-refractivity contribution in [3.8, 4) is 11.5 Å². The minimum atomic E-state index is -4.45. The summed E-state index contributed by atoms with van der Waals surface area (Å²) in [7, 11) is -4.45. The van der Waals surface area contributed by atoms with Gasteiger partial charge in [0.15, 0.2) is 0 Å². The minimum absolute atomic E-state index is 0. The Hall–Kier alpha value is -0.790. The zero-order valence-corrected chi connectivity index (χ0v) is 11.8. The van der Waals surface area contributed by atoms with Crippen LogP contribution in [0, 0.1) is 0 Å². The van der Waals surface area contributed by atoms with Gasteiger partial charge in [0.25, 0.3) is 10.1 Å². The molecule has 0 saturated heterocycles. The van der Waals surface area contributed by atoms with Crippen LogP contribution < -0.4 is 29.6 Å². The maximum atomic E-state index is 10.9. The van der Waals surface area contributed by atoms with Crippen LogP contribution in [0.3, 0.4) is 0 Å². The van der Waals surface area contributed by atoms with E-state index >= 15 is 0 Å². The largest absolute Gasteiger partial charge is 1.00 e. The Labute approximate surface area is 121 Å². The number of benzene rings is 2. The second-order valence-electron chi connectivity index (χ2n) is 3.29. The van der Waals surface area contributed by atoms with Gasteiger partial charge in [0.1, 0.15) is 16.4 Å². The second kappa shape index (κ2) is 4.83. The molecule has 2 aromatic rings. The van der Waals surface area contributed by atoms with Crippen molar-refractivity contribution in [2.45, 2.75) is 4.90 Å². The Balaban J connectivity index is 0.00000144. The zero-order chi connectivity index (χ0) is 11.9. The topological polar surface area (TPSA) is 94.8 Å². The molecule has 0 bridgehead atoms. The Bertz CT molecular complexity index is 671. The monoisotopic (exact) mass is 264 g/mol. The van der Waals surface area contributed by atoms with Crippen molar-refractivity contribution in [3.63, 3.8) is 0 Å². The molecule has 0 aromatic heterocycles. The maximum Gasteiger partial charge on any atom is 1.00 e. The molecule has 86 valence electrons. The predicted octanol–water partition coefficient (Wildman–Crippen LogP) is -1.39. The van der Waals surface area contributed by atoms with Crippen LogP contribution in [0.1, 0.15) is 1.43 Å². The summed E-state index contributed by atoms with van der Waals surface area (Å²) in [6.07, 6.45) is 0. The van der Waals surface area contributed by atoms with Crippen LogP contribution in [0.4, 0.5) is 0 Å². The van der Waals surface area contributed by atoms with Crippen LogP contribution in [0.5, 0.6) is 11.5 Å². The van der Waals surface area contributed by atoms with Crippen molar-refractivity contribution >= 4 is 20.9 Å². The molecule has 0 aliphatic rings. The molecule has 0 amide bonds. The fraction of sp³-hybridized carbons (Fsp3) is 0. The van der Waals surface area contributed by atoms with E-state index in [2.05, 4.69) is 0 Å². The first-order valence-corrected chi connectivity index (χ1v) is 5.76. The van der Waals surface area contributed by atoms with E-state index in [1.165, 1.54) is 24.3 Å². The average Bonchev–Trinajstić information content (AvgIpc) is 2.15. The van der Waals surface area contributed by atoms with Gasteiger partial charge < -0.3 is 11.6 Å². The second-order valence-corrected chi connectivity index (χ2v) is 4.68. The molecule has 0 aliphatic heterocycles. The molecule has 0 radical (unpaired) electrons. The molecule has 0 saturated carbocycles. The number of fused-ring (bicyclic) bond motifs is 1.